The maximum atomic E-state index is 11.5. The molecule has 1 fully saturated rings. The van der Waals surface area contributed by atoms with Gasteiger partial charge >= 0.3 is 0 Å². The predicted molar refractivity (Wildman–Crippen MR) is 79.5 cm³/mol. The lowest BCUT2D eigenvalue weighted by Gasteiger charge is -2.12. The number of ether oxygens (including phenoxy) is 2. The van der Waals surface area contributed by atoms with Crippen molar-refractivity contribution in [1.29, 1.82) is 0 Å². The Morgan fingerprint density at radius 3 is 2.85 bits per heavy atom. The maximum absolute atomic E-state index is 11.5. The molecule has 1 heterocycles. The molecule has 1 N–H and O–H groups in total. The Morgan fingerprint density at radius 1 is 1.40 bits per heavy atom. The molecule has 5 heteroatoms. The molecule has 0 saturated carbocycles. The van der Waals surface area contributed by atoms with Crippen molar-refractivity contribution in [3.8, 4) is 5.75 Å². The number of carbonyl (C=O) groups is 1. The number of alkyl halides is 1. The Kier molecular flexibility index (Phi) is 6.15. The summed E-state index contributed by atoms with van der Waals surface area (Å²) in [5.74, 6) is 1.28. The van der Waals surface area contributed by atoms with Gasteiger partial charge in [-0.2, -0.15) is 0 Å². The van der Waals surface area contributed by atoms with Crippen LogP contribution in [0.4, 0.5) is 5.69 Å². The number of anilines is 1. The van der Waals surface area contributed by atoms with E-state index in [0.717, 1.165) is 30.9 Å². The molecule has 1 aromatic carbocycles. The van der Waals surface area contributed by atoms with Gasteiger partial charge in [-0.25, -0.2) is 0 Å². The molecule has 0 aromatic heterocycles. The Balaban J connectivity index is 1.75. The number of hydrogen-bond donors (Lipinski definition) is 1. The fourth-order valence-electron chi connectivity index (χ4n) is 2.05. The lowest BCUT2D eigenvalue weighted by molar-refractivity contribution is -0.116. The SMILES string of the molecule is O=C(CCCCl)Nc1ccc(OCC2CCCO2)cc1. The summed E-state index contributed by atoms with van der Waals surface area (Å²) < 4.78 is 11.2. The van der Waals surface area contributed by atoms with E-state index in [9.17, 15) is 4.79 Å². The first-order chi connectivity index (χ1) is 9.78. The highest BCUT2D eigenvalue weighted by Crippen LogP contribution is 2.18. The molecular formula is C15H20ClNO3. The molecule has 1 aliphatic heterocycles. The molecule has 1 amide bonds. The number of nitrogens with one attached hydrogen (secondary N) is 1. The van der Waals surface area contributed by atoms with Gasteiger partial charge in [-0.05, 0) is 43.5 Å². The quantitative estimate of drug-likeness (QED) is 0.786. The summed E-state index contributed by atoms with van der Waals surface area (Å²) in [5.41, 5.74) is 0.772. The summed E-state index contributed by atoms with van der Waals surface area (Å²) in [7, 11) is 0. The molecule has 0 spiro atoms. The molecule has 110 valence electrons. The summed E-state index contributed by atoms with van der Waals surface area (Å²) in [6, 6.07) is 7.38. The van der Waals surface area contributed by atoms with Crippen LogP contribution in [0.2, 0.25) is 0 Å². The molecule has 0 radical (unpaired) electrons. The average molecular weight is 298 g/mol. The monoisotopic (exact) mass is 297 g/mol. The molecule has 20 heavy (non-hydrogen) atoms. The van der Waals surface area contributed by atoms with Gasteiger partial charge in [0.15, 0.2) is 0 Å². The van der Waals surface area contributed by atoms with Crippen molar-refractivity contribution in [2.45, 2.75) is 31.8 Å². The highest BCUT2D eigenvalue weighted by Gasteiger charge is 2.15. The van der Waals surface area contributed by atoms with E-state index in [-0.39, 0.29) is 12.0 Å². The van der Waals surface area contributed by atoms with E-state index in [2.05, 4.69) is 5.32 Å². The van der Waals surface area contributed by atoms with Crippen molar-refractivity contribution >= 4 is 23.2 Å². The van der Waals surface area contributed by atoms with Crippen LogP contribution >= 0.6 is 11.6 Å². The minimum atomic E-state index is -0.0151. The minimum absolute atomic E-state index is 0.0151. The van der Waals surface area contributed by atoms with Gasteiger partial charge in [0.05, 0.1) is 6.10 Å². The number of carbonyl (C=O) groups excluding carboxylic acids is 1. The standard InChI is InChI=1S/C15H20ClNO3/c16-9-1-4-15(18)17-12-5-7-13(8-6-12)20-11-14-3-2-10-19-14/h5-8,14H,1-4,9-11H2,(H,17,18). The van der Waals surface area contributed by atoms with Crippen LogP contribution in [0, 0.1) is 0 Å². The van der Waals surface area contributed by atoms with Crippen molar-refractivity contribution in [2.75, 3.05) is 24.4 Å². The molecule has 0 bridgehead atoms. The molecule has 1 aromatic rings. The van der Waals surface area contributed by atoms with Gasteiger partial charge in [-0.3, -0.25) is 4.79 Å². The lowest BCUT2D eigenvalue weighted by Crippen LogP contribution is -2.16. The summed E-state index contributed by atoms with van der Waals surface area (Å²) >= 11 is 5.55. The fraction of sp³-hybridized carbons (Fsp3) is 0.533. The van der Waals surface area contributed by atoms with Crippen LogP contribution in [0.15, 0.2) is 24.3 Å². The highest BCUT2D eigenvalue weighted by atomic mass is 35.5. The second-order valence-corrected chi connectivity index (χ2v) is 5.19. The molecule has 1 unspecified atom stereocenters. The zero-order chi connectivity index (χ0) is 14.2. The summed E-state index contributed by atoms with van der Waals surface area (Å²) in [6.07, 6.45) is 3.53. The zero-order valence-corrected chi connectivity index (χ0v) is 12.2. The van der Waals surface area contributed by atoms with Crippen LogP contribution in [0.25, 0.3) is 0 Å². The first-order valence-corrected chi connectivity index (χ1v) is 7.51. The Labute approximate surface area is 124 Å². The third-order valence-corrected chi connectivity index (χ3v) is 3.40. The topological polar surface area (TPSA) is 47.6 Å². The van der Waals surface area contributed by atoms with Gasteiger partial charge in [0.1, 0.15) is 12.4 Å². The zero-order valence-electron chi connectivity index (χ0n) is 11.4. The van der Waals surface area contributed by atoms with E-state index in [1.807, 2.05) is 24.3 Å². The minimum Gasteiger partial charge on any atom is -0.491 e. The van der Waals surface area contributed by atoms with Crippen molar-refractivity contribution < 1.29 is 14.3 Å². The molecule has 2 rings (SSSR count). The Morgan fingerprint density at radius 2 is 2.20 bits per heavy atom. The van der Waals surface area contributed by atoms with Crippen molar-refractivity contribution in [1.82, 2.24) is 0 Å². The summed E-state index contributed by atoms with van der Waals surface area (Å²) in [4.78, 5) is 11.5. The van der Waals surface area contributed by atoms with Crippen LogP contribution in [-0.4, -0.2) is 31.1 Å². The van der Waals surface area contributed by atoms with Crippen molar-refractivity contribution in [3.05, 3.63) is 24.3 Å². The number of rotatable bonds is 7. The van der Waals surface area contributed by atoms with Gasteiger partial charge in [0.25, 0.3) is 0 Å². The van der Waals surface area contributed by atoms with Crippen LogP contribution in [0.1, 0.15) is 25.7 Å². The molecule has 1 atom stereocenters. The normalized spacial score (nSPS) is 17.9. The van der Waals surface area contributed by atoms with E-state index in [1.165, 1.54) is 0 Å². The third-order valence-electron chi connectivity index (χ3n) is 3.14. The molecular weight excluding hydrogens is 278 g/mol. The average Bonchev–Trinajstić information content (AvgIpc) is 2.98. The van der Waals surface area contributed by atoms with Crippen molar-refractivity contribution in [2.24, 2.45) is 0 Å². The lowest BCUT2D eigenvalue weighted by atomic mass is 10.2. The summed E-state index contributed by atoms with van der Waals surface area (Å²) in [5, 5.41) is 2.82. The Hall–Kier alpha value is -1.26. The van der Waals surface area contributed by atoms with Gasteiger partial charge in [-0.15, -0.1) is 11.6 Å². The van der Waals surface area contributed by atoms with Gasteiger partial charge < -0.3 is 14.8 Å². The van der Waals surface area contributed by atoms with Crippen LogP contribution in [0.5, 0.6) is 5.75 Å². The highest BCUT2D eigenvalue weighted by molar-refractivity contribution is 6.18. The molecule has 1 aliphatic rings. The largest absolute Gasteiger partial charge is 0.491 e. The number of benzene rings is 1. The fourth-order valence-corrected chi connectivity index (χ4v) is 2.18. The van der Waals surface area contributed by atoms with Gasteiger partial charge in [0, 0.05) is 24.6 Å². The second kappa shape index (κ2) is 8.12. The van der Waals surface area contributed by atoms with E-state index < -0.39 is 0 Å². The molecule has 1 saturated heterocycles. The molecule has 4 nitrogen and oxygen atoms in total. The van der Waals surface area contributed by atoms with E-state index >= 15 is 0 Å². The number of halogens is 1. The number of amides is 1. The van der Waals surface area contributed by atoms with Crippen LogP contribution in [-0.2, 0) is 9.53 Å². The van der Waals surface area contributed by atoms with E-state index in [0.29, 0.717) is 25.3 Å². The third kappa shape index (κ3) is 5.02. The predicted octanol–water partition coefficient (Wildman–Crippen LogP) is 3.20. The number of hydrogen-bond acceptors (Lipinski definition) is 3. The maximum Gasteiger partial charge on any atom is 0.224 e. The smallest absolute Gasteiger partial charge is 0.224 e. The van der Waals surface area contributed by atoms with Gasteiger partial charge in [0.2, 0.25) is 5.91 Å². The first-order valence-electron chi connectivity index (χ1n) is 6.98. The van der Waals surface area contributed by atoms with Crippen molar-refractivity contribution in [3.63, 3.8) is 0 Å². The second-order valence-electron chi connectivity index (χ2n) is 4.81. The summed E-state index contributed by atoms with van der Waals surface area (Å²) in [6.45, 7) is 1.42. The van der Waals surface area contributed by atoms with Gasteiger partial charge in [-0.1, -0.05) is 0 Å². The Bertz CT molecular complexity index is 416. The van der Waals surface area contributed by atoms with Crippen LogP contribution < -0.4 is 10.1 Å². The first kappa shape index (κ1) is 15.1. The van der Waals surface area contributed by atoms with Crippen LogP contribution in [0.3, 0.4) is 0 Å². The molecule has 0 aliphatic carbocycles. The van der Waals surface area contributed by atoms with E-state index in [1.54, 1.807) is 0 Å². The van der Waals surface area contributed by atoms with E-state index in [4.69, 9.17) is 21.1 Å².